The Balaban J connectivity index is 2.37. The lowest BCUT2D eigenvalue weighted by Crippen LogP contribution is -2.50. The molecular weight excluding hydrogens is 272 g/mol. The van der Waals surface area contributed by atoms with Crippen LogP contribution in [0.25, 0.3) is 0 Å². The molecule has 2 amide bonds. The van der Waals surface area contributed by atoms with Crippen molar-refractivity contribution in [2.24, 2.45) is 11.7 Å². The van der Waals surface area contributed by atoms with E-state index in [1.54, 1.807) is 0 Å². The van der Waals surface area contributed by atoms with Gasteiger partial charge in [0.15, 0.2) is 0 Å². The molecule has 1 aliphatic heterocycles. The molecule has 1 fully saturated rings. The van der Waals surface area contributed by atoms with Crippen molar-refractivity contribution in [3.8, 4) is 0 Å². The number of nitrogens with one attached hydrogen (secondary N) is 2. The summed E-state index contributed by atoms with van der Waals surface area (Å²) < 4.78 is 5.37. The van der Waals surface area contributed by atoms with E-state index >= 15 is 0 Å². The van der Waals surface area contributed by atoms with Gasteiger partial charge in [0.25, 0.3) is 0 Å². The zero-order valence-electron chi connectivity index (χ0n) is 13.1. The van der Waals surface area contributed by atoms with Crippen LogP contribution in [-0.2, 0) is 14.3 Å². The van der Waals surface area contributed by atoms with E-state index in [9.17, 15) is 9.59 Å². The summed E-state index contributed by atoms with van der Waals surface area (Å²) in [6, 6.07) is 0.308. The van der Waals surface area contributed by atoms with Crippen LogP contribution in [0.5, 0.6) is 0 Å². The van der Waals surface area contributed by atoms with E-state index in [0.717, 1.165) is 32.7 Å². The van der Waals surface area contributed by atoms with Crippen molar-refractivity contribution in [1.29, 1.82) is 0 Å². The van der Waals surface area contributed by atoms with Crippen LogP contribution in [0.1, 0.15) is 20.3 Å². The summed E-state index contributed by atoms with van der Waals surface area (Å²) in [5.74, 6) is 0.0579. The quantitative estimate of drug-likeness (QED) is 0.530. The zero-order chi connectivity index (χ0) is 15.7. The lowest BCUT2D eigenvalue weighted by molar-refractivity contribution is -0.125. The summed E-state index contributed by atoms with van der Waals surface area (Å²) in [7, 11) is 0. The molecule has 1 saturated heterocycles. The maximum Gasteiger partial charge on any atom is 0.239 e. The Hall–Kier alpha value is -1.18. The Kier molecular flexibility index (Phi) is 8.26. The molecule has 1 atom stereocenters. The Morgan fingerprint density at radius 3 is 2.43 bits per heavy atom. The van der Waals surface area contributed by atoms with Gasteiger partial charge in [0.05, 0.1) is 26.3 Å². The van der Waals surface area contributed by atoms with E-state index in [2.05, 4.69) is 29.4 Å². The van der Waals surface area contributed by atoms with Gasteiger partial charge in [-0.05, 0) is 12.3 Å². The molecule has 0 radical (unpaired) electrons. The van der Waals surface area contributed by atoms with Crippen LogP contribution in [0.3, 0.4) is 0 Å². The molecule has 1 rings (SSSR count). The van der Waals surface area contributed by atoms with E-state index in [1.807, 2.05) is 0 Å². The average molecular weight is 300 g/mol. The minimum Gasteiger partial charge on any atom is -0.379 e. The summed E-state index contributed by atoms with van der Waals surface area (Å²) in [4.78, 5) is 25.1. The van der Waals surface area contributed by atoms with Crippen LogP contribution in [0.4, 0.5) is 0 Å². The maximum atomic E-state index is 11.7. The smallest absolute Gasteiger partial charge is 0.239 e. The minimum atomic E-state index is -0.322. The molecule has 0 spiro atoms. The van der Waals surface area contributed by atoms with Crippen LogP contribution in [0, 0.1) is 5.92 Å². The van der Waals surface area contributed by atoms with Gasteiger partial charge in [0, 0.05) is 25.7 Å². The third-order valence-electron chi connectivity index (χ3n) is 3.47. The first kappa shape index (κ1) is 17.9. The fourth-order valence-corrected chi connectivity index (χ4v) is 2.39. The third kappa shape index (κ3) is 7.40. The number of nitrogens with zero attached hydrogens (tertiary/aromatic N) is 1. The molecule has 1 aliphatic rings. The highest BCUT2D eigenvalue weighted by molar-refractivity contribution is 5.85. The van der Waals surface area contributed by atoms with Gasteiger partial charge in [0.2, 0.25) is 11.8 Å². The molecule has 0 aromatic carbocycles. The monoisotopic (exact) mass is 300 g/mol. The number of morpholine rings is 1. The summed E-state index contributed by atoms with van der Waals surface area (Å²) in [5.41, 5.74) is 5.17. The van der Waals surface area contributed by atoms with E-state index in [0.29, 0.717) is 18.5 Å². The lowest BCUT2D eigenvalue weighted by Gasteiger charge is -2.35. The second-order valence-electron chi connectivity index (χ2n) is 5.72. The Morgan fingerprint density at radius 2 is 1.86 bits per heavy atom. The van der Waals surface area contributed by atoms with Gasteiger partial charge >= 0.3 is 0 Å². The largest absolute Gasteiger partial charge is 0.379 e. The van der Waals surface area contributed by atoms with E-state index < -0.39 is 0 Å². The van der Waals surface area contributed by atoms with Gasteiger partial charge in [-0.3, -0.25) is 14.5 Å². The molecule has 0 bridgehead atoms. The van der Waals surface area contributed by atoms with Crippen LogP contribution in [0.15, 0.2) is 0 Å². The Bertz CT molecular complexity index is 330. The average Bonchev–Trinajstić information content (AvgIpc) is 2.49. The summed E-state index contributed by atoms with van der Waals surface area (Å²) >= 11 is 0. The number of nitrogens with two attached hydrogens (primary N) is 1. The van der Waals surface area contributed by atoms with Crippen LogP contribution in [0.2, 0.25) is 0 Å². The van der Waals surface area contributed by atoms with Crippen LogP contribution < -0.4 is 16.4 Å². The second-order valence-corrected chi connectivity index (χ2v) is 5.72. The molecule has 21 heavy (non-hydrogen) atoms. The standard InChI is InChI=1S/C14H28N4O3/c1-11(2)7-12(18-3-5-21-6-4-18)9-16-14(20)10-17-13(19)8-15/h11-12H,3-10,15H2,1-2H3,(H,16,20)(H,17,19). The van der Waals surface area contributed by atoms with Crippen LogP contribution in [-0.4, -0.2) is 68.7 Å². The van der Waals surface area contributed by atoms with Gasteiger partial charge in [0.1, 0.15) is 0 Å². The van der Waals surface area contributed by atoms with Gasteiger partial charge in [-0.15, -0.1) is 0 Å². The Morgan fingerprint density at radius 1 is 1.19 bits per heavy atom. The molecule has 4 N–H and O–H groups in total. The molecule has 0 saturated carbocycles. The lowest BCUT2D eigenvalue weighted by atomic mass is 10.0. The SMILES string of the molecule is CC(C)CC(CNC(=O)CNC(=O)CN)N1CCOCC1. The summed E-state index contributed by atoms with van der Waals surface area (Å²) in [6.07, 6.45) is 1.02. The number of hydrogen-bond donors (Lipinski definition) is 3. The number of carbonyl (C=O) groups is 2. The third-order valence-corrected chi connectivity index (χ3v) is 3.47. The highest BCUT2D eigenvalue weighted by Gasteiger charge is 2.22. The van der Waals surface area contributed by atoms with Crippen LogP contribution >= 0.6 is 0 Å². The van der Waals surface area contributed by atoms with E-state index in [1.165, 1.54) is 0 Å². The van der Waals surface area contributed by atoms with Crippen molar-refractivity contribution in [1.82, 2.24) is 15.5 Å². The van der Waals surface area contributed by atoms with Gasteiger partial charge < -0.3 is 21.1 Å². The first-order valence-corrected chi connectivity index (χ1v) is 7.58. The normalized spacial score (nSPS) is 17.5. The molecular formula is C14H28N4O3. The molecule has 0 aromatic rings. The van der Waals surface area contributed by atoms with Crippen molar-refractivity contribution < 1.29 is 14.3 Å². The zero-order valence-corrected chi connectivity index (χ0v) is 13.1. The van der Waals surface area contributed by atoms with Crippen molar-refractivity contribution in [3.05, 3.63) is 0 Å². The molecule has 1 heterocycles. The summed E-state index contributed by atoms with van der Waals surface area (Å²) in [6.45, 7) is 8.12. The molecule has 0 aromatic heterocycles. The van der Waals surface area contributed by atoms with Gasteiger partial charge in [-0.25, -0.2) is 0 Å². The number of rotatable bonds is 8. The van der Waals surface area contributed by atoms with Crippen molar-refractivity contribution in [3.63, 3.8) is 0 Å². The predicted octanol–water partition coefficient (Wildman–Crippen LogP) is -1.08. The number of hydrogen-bond acceptors (Lipinski definition) is 5. The predicted molar refractivity (Wildman–Crippen MR) is 80.7 cm³/mol. The van der Waals surface area contributed by atoms with Crippen molar-refractivity contribution >= 4 is 11.8 Å². The molecule has 122 valence electrons. The fourth-order valence-electron chi connectivity index (χ4n) is 2.39. The summed E-state index contributed by atoms with van der Waals surface area (Å²) in [5, 5.41) is 5.35. The molecule has 0 aliphatic carbocycles. The van der Waals surface area contributed by atoms with E-state index in [-0.39, 0.29) is 24.9 Å². The minimum absolute atomic E-state index is 0.0203. The van der Waals surface area contributed by atoms with Crippen molar-refractivity contribution in [2.75, 3.05) is 45.9 Å². The molecule has 1 unspecified atom stereocenters. The number of ether oxygens (including phenoxy) is 1. The first-order chi connectivity index (χ1) is 10.0. The Labute approximate surface area is 126 Å². The fraction of sp³-hybridized carbons (Fsp3) is 0.857. The van der Waals surface area contributed by atoms with Crippen molar-refractivity contribution in [2.45, 2.75) is 26.3 Å². The maximum absolute atomic E-state index is 11.7. The highest BCUT2D eigenvalue weighted by atomic mass is 16.5. The van der Waals surface area contributed by atoms with Gasteiger partial charge in [-0.2, -0.15) is 0 Å². The first-order valence-electron chi connectivity index (χ1n) is 7.58. The molecule has 7 heteroatoms. The second kappa shape index (κ2) is 9.70. The number of amides is 2. The number of carbonyl (C=O) groups excluding carboxylic acids is 2. The topological polar surface area (TPSA) is 96.7 Å². The van der Waals surface area contributed by atoms with Gasteiger partial charge in [-0.1, -0.05) is 13.8 Å². The van der Waals surface area contributed by atoms with E-state index in [4.69, 9.17) is 10.5 Å². The molecule has 7 nitrogen and oxygen atoms in total. The highest BCUT2D eigenvalue weighted by Crippen LogP contribution is 2.12.